The Morgan fingerprint density at radius 2 is 1.95 bits per heavy atom. The molecule has 1 unspecified atom stereocenters. The van der Waals surface area contributed by atoms with Gasteiger partial charge < -0.3 is 5.32 Å². The van der Waals surface area contributed by atoms with Crippen LogP contribution in [-0.4, -0.2) is 37.9 Å². The van der Waals surface area contributed by atoms with Gasteiger partial charge in [-0.15, -0.1) is 0 Å². The smallest absolute Gasteiger partial charge is 0.218 e. The molecule has 0 amide bonds. The van der Waals surface area contributed by atoms with E-state index in [0.29, 0.717) is 12.6 Å². The van der Waals surface area contributed by atoms with Crippen LogP contribution in [0.1, 0.15) is 38.7 Å². The van der Waals surface area contributed by atoms with Gasteiger partial charge >= 0.3 is 0 Å². The lowest BCUT2D eigenvalue weighted by atomic mass is 10.0. The van der Waals surface area contributed by atoms with Crippen molar-refractivity contribution in [2.24, 2.45) is 0 Å². The van der Waals surface area contributed by atoms with Crippen LogP contribution in [0.4, 0.5) is 0 Å². The maximum absolute atomic E-state index is 12.7. The van der Waals surface area contributed by atoms with Gasteiger partial charge in [-0.25, -0.2) is 8.42 Å². The van der Waals surface area contributed by atoms with Crippen molar-refractivity contribution in [2.45, 2.75) is 50.9 Å². The molecule has 1 atom stereocenters. The lowest BCUT2D eigenvalue weighted by molar-refractivity contribution is 0.241. The lowest BCUT2D eigenvalue weighted by Gasteiger charge is -2.35. The average molecular weight is 310 g/mol. The molecule has 0 saturated carbocycles. The predicted octanol–water partition coefficient (Wildman–Crippen LogP) is 2.37. The summed E-state index contributed by atoms with van der Waals surface area (Å²) in [5.74, 6) is 0.103. The maximum atomic E-state index is 12.7. The van der Waals surface area contributed by atoms with Gasteiger partial charge in [0.2, 0.25) is 10.0 Å². The van der Waals surface area contributed by atoms with Crippen molar-refractivity contribution in [1.82, 2.24) is 9.62 Å². The molecule has 5 heteroatoms. The molecule has 1 aromatic rings. The molecule has 4 nitrogen and oxygen atoms in total. The van der Waals surface area contributed by atoms with E-state index < -0.39 is 10.0 Å². The lowest BCUT2D eigenvalue weighted by Crippen LogP contribution is -2.49. The van der Waals surface area contributed by atoms with Crippen LogP contribution in [0, 0.1) is 0 Å². The topological polar surface area (TPSA) is 49.4 Å². The Morgan fingerprint density at radius 1 is 1.24 bits per heavy atom. The Kier molecular flexibility index (Phi) is 5.79. The number of rotatable bonds is 6. The van der Waals surface area contributed by atoms with Gasteiger partial charge in [0.15, 0.2) is 0 Å². The second kappa shape index (κ2) is 7.38. The third-order valence-electron chi connectivity index (χ3n) is 3.88. The molecule has 1 N–H and O–H groups in total. The summed E-state index contributed by atoms with van der Waals surface area (Å²) in [5.41, 5.74) is 0.860. The van der Waals surface area contributed by atoms with Gasteiger partial charge in [-0.1, -0.05) is 50.6 Å². The first-order valence-corrected chi connectivity index (χ1v) is 9.37. The van der Waals surface area contributed by atoms with Crippen LogP contribution in [-0.2, 0) is 15.8 Å². The molecular weight excluding hydrogens is 284 g/mol. The van der Waals surface area contributed by atoms with Gasteiger partial charge in [0, 0.05) is 25.2 Å². The number of piperidine rings is 1. The summed E-state index contributed by atoms with van der Waals surface area (Å²) in [5, 5.41) is 3.38. The van der Waals surface area contributed by atoms with Crippen LogP contribution in [0.2, 0.25) is 0 Å². The quantitative estimate of drug-likeness (QED) is 0.877. The van der Waals surface area contributed by atoms with Crippen molar-refractivity contribution in [3.63, 3.8) is 0 Å². The largest absolute Gasteiger partial charge is 0.313 e. The normalized spacial score (nSPS) is 20.8. The highest BCUT2D eigenvalue weighted by Gasteiger charge is 2.32. The molecule has 1 heterocycles. The van der Waals surface area contributed by atoms with E-state index in [9.17, 15) is 8.42 Å². The summed E-state index contributed by atoms with van der Waals surface area (Å²) in [6.07, 6.45) is 3.03. The van der Waals surface area contributed by atoms with E-state index in [0.717, 1.165) is 31.4 Å². The van der Waals surface area contributed by atoms with Crippen LogP contribution >= 0.6 is 0 Å². The monoisotopic (exact) mass is 310 g/mol. The van der Waals surface area contributed by atoms with Crippen LogP contribution < -0.4 is 5.32 Å². The van der Waals surface area contributed by atoms with Crippen LogP contribution in [0.15, 0.2) is 30.3 Å². The fourth-order valence-electron chi connectivity index (χ4n) is 2.78. The van der Waals surface area contributed by atoms with Crippen molar-refractivity contribution in [2.75, 3.05) is 13.1 Å². The molecule has 2 rings (SSSR count). The fourth-order valence-corrected chi connectivity index (χ4v) is 4.60. The summed E-state index contributed by atoms with van der Waals surface area (Å²) >= 11 is 0. The van der Waals surface area contributed by atoms with Crippen molar-refractivity contribution in [1.29, 1.82) is 0 Å². The summed E-state index contributed by atoms with van der Waals surface area (Å²) in [6, 6.07) is 9.91. The van der Waals surface area contributed by atoms with E-state index >= 15 is 0 Å². The molecule has 21 heavy (non-hydrogen) atoms. The average Bonchev–Trinajstić information content (AvgIpc) is 2.46. The van der Waals surface area contributed by atoms with Gasteiger partial charge in [0.25, 0.3) is 0 Å². The van der Waals surface area contributed by atoms with Crippen molar-refractivity contribution < 1.29 is 8.42 Å². The Hall–Kier alpha value is -0.910. The number of sulfonamides is 1. The first-order chi connectivity index (χ1) is 9.99. The molecule has 1 aliphatic heterocycles. The molecular formula is C16H26N2O2S. The van der Waals surface area contributed by atoms with E-state index in [2.05, 4.69) is 19.2 Å². The summed E-state index contributed by atoms with van der Waals surface area (Å²) in [7, 11) is -3.24. The Morgan fingerprint density at radius 3 is 2.62 bits per heavy atom. The van der Waals surface area contributed by atoms with Crippen LogP contribution in [0.3, 0.4) is 0 Å². The van der Waals surface area contributed by atoms with E-state index in [1.165, 1.54) is 0 Å². The molecule has 0 spiro atoms. The minimum Gasteiger partial charge on any atom is -0.313 e. The first-order valence-electron chi connectivity index (χ1n) is 7.76. The van der Waals surface area contributed by atoms with E-state index in [1.54, 1.807) is 4.31 Å². The highest BCUT2D eigenvalue weighted by atomic mass is 32.2. The second-order valence-electron chi connectivity index (χ2n) is 6.07. The zero-order valence-corrected chi connectivity index (χ0v) is 13.8. The number of hydrogen-bond donors (Lipinski definition) is 1. The number of nitrogens with one attached hydrogen (secondary N) is 1. The van der Waals surface area contributed by atoms with Crippen molar-refractivity contribution in [3.05, 3.63) is 35.9 Å². The SMILES string of the molecule is CC(C)NCC1CCCCN1S(=O)(=O)Cc1ccccc1. The minimum absolute atomic E-state index is 0.0925. The zero-order valence-electron chi connectivity index (χ0n) is 13.0. The zero-order chi connectivity index (χ0) is 15.3. The van der Waals surface area contributed by atoms with Crippen LogP contribution in [0.5, 0.6) is 0 Å². The Labute approximate surface area is 128 Å². The molecule has 1 aliphatic rings. The third kappa shape index (κ3) is 4.80. The van der Waals surface area contributed by atoms with Crippen molar-refractivity contribution in [3.8, 4) is 0 Å². The maximum Gasteiger partial charge on any atom is 0.218 e. The van der Waals surface area contributed by atoms with E-state index in [-0.39, 0.29) is 11.8 Å². The molecule has 0 aliphatic carbocycles. The first kappa shape index (κ1) is 16.5. The molecule has 0 bridgehead atoms. The Balaban J connectivity index is 2.08. The predicted molar refractivity (Wildman–Crippen MR) is 86.5 cm³/mol. The number of benzene rings is 1. The van der Waals surface area contributed by atoms with E-state index in [1.807, 2.05) is 30.3 Å². The standard InChI is InChI=1S/C16H26N2O2S/c1-14(2)17-12-16-10-6-7-11-18(16)21(19,20)13-15-8-4-3-5-9-15/h3-5,8-9,14,16-17H,6-7,10-13H2,1-2H3. The van der Waals surface area contributed by atoms with Gasteiger partial charge in [0.1, 0.15) is 0 Å². The molecule has 118 valence electrons. The summed E-state index contributed by atoms with van der Waals surface area (Å²) in [6.45, 7) is 5.57. The number of nitrogens with zero attached hydrogens (tertiary/aromatic N) is 1. The third-order valence-corrected chi connectivity index (χ3v) is 5.78. The molecule has 1 saturated heterocycles. The summed E-state index contributed by atoms with van der Waals surface area (Å²) in [4.78, 5) is 0. The number of hydrogen-bond acceptors (Lipinski definition) is 3. The highest BCUT2D eigenvalue weighted by molar-refractivity contribution is 7.88. The molecule has 1 fully saturated rings. The van der Waals surface area contributed by atoms with Gasteiger partial charge in [0.05, 0.1) is 5.75 Å². The van der Waals surface area contributed by atoms with Gasteiger partial charge in [-0.05, 0) is 18.4 Å². The fraction of sp³-hybridized carbons (Fsp3) is 0.625. The molecule has 0 aromatic heterocycles. The summed E-state index contributed by atoms with van der Waals surface area (Å²) < 4.78 is 27.1. The van der Waals surface area contributed by atoms with Gasteiger partial charge in [-0.3, -0.25) is 0 Å². The van der Waals surface area contributed by atoms with E-state index in [4.69, 9.17) is 0 Å². The highest BCUT2D eigenvalue weighted by Crippen LogP contribution is 2.22. The Bertz CT molecular complexity index is 528. The second-order valence-corrected chi connectivity index (χ2v) is 7.99. The van der Waals surface area contributed by atoms with Gasteiger partial charge in [-0.2, -0.15) is 4.31 Å². The molecule has 1 aromatic carbocycles. The van der Waals surface area contributed by atoms with Crippen molar-refractivity contribution >= 4 is 10.0 Å². The molecule has 0 radical (unpaired) electrons. The minimum atomic E-state index is -3.24. The van der Waals surface area contributed by atoms with Crippen LogP contribution in [0.25, 0.3) is 0 Å².